The van der Waals surface area contributed by atoms with Crippen LogP contribution in [0.3, 0.4) is 0 Å². The van der Waals surface area contributed by atoms with E-state index in [9.17, 15) is 4.79 Å². The summed E-state index contributed by atoms with van der Waals surface area (Å²) in [7, 11) is 0. The van der Waals surface area contributed by atoms with E-state index in [-0.39, 0.29) is 5.78 Å². The van der Waals surface area contributed by atoms with Crippen molar-refractivity contribution in [2.75, 3.05) is 0 Å². The zero-order valence-electron chi connectivity index (χ0n) is 11.2. The molecule has 0 spiro atoms. The number of furan rings is 1. The van der Waals surface area contributed by atoms with Crippen LogP contribution in [-0.2, 0) is 0 Å². The average molecular weight is 265 g/mol. The molecule has 3 nitrogen and oxygen atoms in total. The van der Waals surface area contributed by atoms with Gasteiger partial charge in [0.05, 0.1) is 6.04 Å². The fourth-order valence-electron chi connectivity index (χ4n) is 2.25. The van der Waals surface area contributed by atoms with Gasteiger partial charge in [0, 0.05) is 5.39 Å². The Morgan fingerprint density at radius 3 is 2.60 bits per heavy atom. The molecule has 0 saturated heterocycles. The summed E-state index contributed by atoms with van der Waals surface area (Å²) in [5.74, 6) is 0.104. The molecule has 0 aliphatic rings. The first kappa shape index (κ1) is 12.6. The van der Waals surface area contributed by atoms with E-state index in [1.54, 1.807) is 6.07 Å². The number of ketones is 1. The third-order valence-corrected chi connectivity index (χ3v) is 3.36. The number of carbonyl (C=O) groups excluding carboxylic acids is 1. The maximum atomic E-state index is 12.4. The Morgan fingerprint density at radius 2 is 1.85 bits per heavy atom. The molecule has 2 aromatic carbocycles. The van der Waals surface area contributed by atoms with Gasteiger partial charge in [0.15, 0.2) is 5.76 Å². The number of benzene rings is 2. The molecule has 0 unspecified atom stereocenters. The number of Topliss-reactive ketones (excluding diaryl/α,β-unsaturated/α-hetero) is 1. The molecule has 0 fully saturated rings. The predicted octanol–water partition coefficient (Wildman–Crippen LogP) is 3.62. The Balaban J connectivity index is 1.96. The molecule has 0 saturated carbocycles. The SMILES string of the molecule is Cc1ccc2oc(C(=O)[C@H](N)c3ccccc3)cc2c1. The number of hydrogen-bond acceptors (Lipinski definition) is 3. The summed E-state index contributed by atoms with van der Waals surface area (Å²) < 4.78 is 5.60. The van der Waals surface area contributed by atoms with Crippen LogP contribution in [0.5, 0.6) is 0 Å². The van der Waals surface area contributed by atoms with E-state index >= 15 is 0 Å². The van der Waals surface area contributed by atoms with Gasteiger partial charge in [0.2, 0.25) is 5.78 Å². The minimum Gasteiger partial charge on any atom is -0.453 e. The second-order valence-electron chi connectivity index (χ2n) is 4.90. The van der Waals surface area contributed by atoms with Gasteiger partial charge in [0.1, 0.15) is 5.58 Å². The fourth-order valence-corrected chi connectivity index (χ4v) is 2.25. The third kappa shape index (κ3) is 2.24. The molecule has 1 aromatic heterocycles. The molecule has 1 heterocycles. The van der Waals surface area contributed by atoms with Crippen LogP contribution in [0.1, 0.15) is 27.7 Å². The molecule has 20 heavy (non-hydrogen) atoms. The highest BCUT2D eigenvalue weighted by Crippen LogP contribution is 2.24. The van der Waals surface area contributed by atoms with Crippen LogP contribution in [-0.4, -0.2) is 5.78 Å². The smallest absolute Gasteiger partial charge is 0.219 e. The Morgan fingerprint density at radius 1 is 1.10 bits per heavy atom. The van der Waals surface area contributed by atoms with Crippen LogP contribution >= 0.6 is 0 Å². The Hall–Kier alpha value is -2.39. The summed E-state index contributed by atoms with van der Waals surface area (Å²) in [6.07, 6.45) is 0. The zero-order chi connectivity index (χ0) is 14.1. The Bertz CT molecular complexity index is 759. The minimum atomic E-state index is -0.696. The lowest BCUT2D eigenvalue weighted by Gasteiger charge is -2.08. The lowest BCUT2D eigenvalue weighted by molar-refractivity contribution is 0.0936. The lowest BCUT2D eigenvalue weighted by Crippen LogP contribution is -2.20. The Kier molecular flexibility index (Phi) is 3.12. The van der Waals surface area contributed by atoms with Crippen LogP contribution < -0.4 is 5.73 Å². The van der Waals surface area contributed by atoms with Crippen LogP contribution in [0.25, 0.3) is 11.0 Å². The van der Waals surface area contributed by atoms with Crippen molar-refractivity contribution in [1.29, 1.82) is 0 Å². The maximum absolute atomic E-state index is 12.4. The van der Waals surface area contributed by atoms with Gasteiger partial charge in [-0.2, -0.15) is 0 Å². The van der Waals surface area contributed by atoms with E-state index in [1.165, 1.54) is 0 Å². The average Bonchev–Trinajstić information content (AvgIpc) is 2.89. The normalized spacial score (nSPS) is 12.5. The van der Waals surface area contributed by atoms with E-state index in [0.717, 1.165) is 16.5 Å². The molecule has 0 bridgehead atoms. The number of hydrogen-bond donors (Lipinski definition) is 1. The van der Waals surface area contributed by atoms with Gasteiger partial charge in [-0.05, 0) is 30.7 Å². The number of fused-ring (bicyclic) bond motifs is 1. The summed E-state index contributed by atoms with van der Waals surface area (Å²) in [5.41, 5.74) is 8.64. The Labute approximate surface area is 117 Å². The summed E-state index contributed by atoms with van der Waals surface area (Å²) in [5, 5.41) is 0.925. The third-order valence-electron chi connectivity index (χ3n) is 3.36. The predicted molar refractivity (Wildman–Crippen MR) is 78.7 cm³/mol. The van der Waals surface area contributed by atoms with Gasteiger partial charge in [-0.1, -0.05) is 42.0 Å². The standard InChI is InChI=1S/C17H15NO2/c1-11-7-8-14-13(9-11)10-15(20-14)17(19)16(18)12-5-3-2-4-6-12/h2-10,16H,18H2,1H3/t16-/m1/s1. The highest BCUT2D eigenvalue weighted by atomic mass is 16.3. The van der Waals surface area contributed by atoms with Gasteiger partial charge in [-0.15, -0.1) is 0 Å². The van der Waals surface area contributed by atoms with Crippen molar-refractivity contribution in [2.24, 2.45) is 5.73 Å². The van der Waals surface area contributed by atoms with Crippen LogP contribution in [0, 0.1) is 6.92 Å². The largest absolute Gasteiger partial charge is 0.453 e. The van der Waals surface area contributed by atoms with Gasteiger partial charge < -0.3 is 10.2 Å². The van der Waals surface area contributed by atoms with Crippen molar-refractivity contribution in [3.05, 3.63) is 71.5 Å². The van der Waals surface area contributed by atoms with Crippen molar-refractivity contribution in [3.8, 4) is 0 Å². The highest BCUT2D eigenvalue weighted by molar-refractivity contribution is 6.01. The minimum absolute atomic E-state index is 0.204. The number of aryl methyl sites for hydroxylation is 1. The zero-order valence-corrected chi connectivity index (χ0v) is 11.2. The van der Waals surface area contributed by atoms with Crippen LogP contribution in [0.4, 0.5) is 0 Å². The molecule has 0 amide bonds. The quantitative estimate of drug-likeness (QED) is 0.736. The molecule has 1 atom stereocenters. The number of carbonyl (C=O) groups is 1. The van der Waals surface area contributed by atoms with E-state index in [0.29, 0.717) is 11.3 Å². The van der Waals surface area contributed by atoms with Gasteiger partial charge in [0.25, 0.3) is 0 Å². The van der Waals surface area contributed by atoms with Crippen molar-refractivity contribution in [1.82, 2.24) is 0 Å². The number of nitrogens with two attached hydrogens (primary N) is 1. The monoisotopic (exact) mass is 265 g/mol. The first-order valence-corrected chi connectivity index (χ1v) is 6.50. The van der Waals surface area contributed by atoms with Crippen molar-refractivity contribution in [2.45, 2.75) is 13.0 Å². The van der Waals surface area contributed by atoms with E-state index < -0.39 is 6.04 Å². The summed E-state index contributed by atoms with van der Waals surface area (Å²) in [6.45, 7) is 2.00. The van der Waals surface area contributed by atoms with Gasteiger partial charge >= 0.3 is 0 Å². The fraction of sp³-hybridized carbons (Fsp3) is 0.118. The molecule has 0 aliphatic heterocycles. The van der Waals surface area contributed by atoms with Gasteiger partial charge in [-0.25, -0.2) is 0 Å². The molecule has 100 valence electrons. The second-order valence-corrected chi connectivity index (χ2v) is 4.90. The lowest BCUT2D eigenvalue weighted by atomic mass is 10.0. The maximum Gasteiger partial charge on any atom is 0.219 e. The van der Waals surface area contributed by atoms with E-state index in [2.05, 4.69) is 0 Å². The van der Waals surface area contributed by atoms with E-state index in [4.69, 9.17) is 10.2 Å². The molecule has 3 heteroatoms. The van der Waals surface area contributed by atoms with E-state index in [1.807, 2.05) is 55.5 Å². The second kappa shape index (κ2) is 4.94. The molecule has 3 aromatic rings. The summed E-state index contributed by atoms with van der Waals surface area (Å²) >= 11 is 0. The molecular weight excluding hydrogens is 250 g/mol. The summed E-state index contributed by atoms with van der Waals surface area (Å²) in [6, 6.07) is 16.2. The first-order chi connectivity index (χ1) is 9.65. The molecule has 2 N–H and O–H groups in total. The van der Waals surface area contributed by atoms with Crippen molar-refractivity contribution >= 4 is 16.8 Å². The molecular formula is C17H15NO2. The number of rotatable bonds is 3. The van der Waals surface area contributed by atoms with Crippen molar-refractivity contribution in [3.63, 3.8) is 0 Å². The van der Waals surface area contributed by atoms with Crippen LogP contribution in [0.15, 0.2) is 59.0 Å². The summed E-state index contributed by atoms with van der Waals surface area (Å²) in [4.78, 5) is 12.4. The van der Waals surface area contributed by atoms with Gasteiger partial charge in [-0.3, -0.25) is 4.79 Å². The van der Waals surface area contributed by atoms with Crippen molar-refractivity contribution < 1.29 is 9.21 Å². The molecule has 0 aliphatic carbocycles. The first-order valence-electron chi connectivity index (χ1n) is 6.50. The molecule has 3 rings (SSSR count). The molecule has 0 radical (unpaired) electrons. The highest BCUT2D eigenvalue weighted by Gasteiger charge is 2.21. The topological polar surface area (TPSA) is 56.2 Å². The van der Waals surface area contributed by atoms with Crippen LogP contribution in [0.2, 0.25) is 0 Å².